The molecule has 5 nitrogen and oxygen atoms in total. The zero-order valence-electron chi connectivity index (χ0n) is 7.33. The molecule has 0 atom stereocenters. The van der Waals surface area contributed by atoms with E-state index in [9.17, 15) is 9.59 Å². The smallest absolute Gasteiger partial charge is 0.408 e. The van der Waals surface area contributed by atoms with Gasteiger partial charge in [-0.3, -0.25) is 4.98 Å². The number of nitrogens with one attached hydrogen (secondary N) is 1. The second-order valence-corrected chi connectivity index (χ2v) is 2.85. The summed E-state index contributed by atoms with van der Waals surface area (Å²) in [5, 5.41) is 0. The fraction of sp³-hybridized carbons (Fsp3) is 0.111. The van der Waals surface area contributed by atoms with Crippen molar-refractivity contribution in [2.75, 3.05) is 0 Å². The molecule has 0 bridgehead atoms. The van der Waals surface area contributed by atoms with Gasteiger partial charge in [0.25, 0.3) is 0 Å². The Labute approximate surface area is 78.1 Å². The number of aromatic nitrogens is 1. The molecule has 0 amide bonds. The van der Waals surface area contributed by atoms with E-state index < -0.39 is 5.76 Å². The molecule has 0 aliphatic carbocycles. The van der Waals surface area contributed by atoms with Crippen LogP contribution in [0.4, 0.5) is 5.69 Å². The predicted molar refractivity (Wildman–Crippen MR) is 49.4 cm³/mol. The van der Waals surface area contributed by atoms with Gasteiger partial charge in [-0.2, -0.15) is 4.99 Å². The first kappa shape index (κ1) is 8.47. The number of fused-ring (bicyclic) bond motifs is 1. The number of benzene rings is 1. The van der Waals surface area contributed by atoms with E-state index in [0.717, 1.165) is 5.56 Å². The molecule has 0 radical (unpaired) electrons. The lowest BCUT2D eigenvalue weighted by Gasteiger charge is -1.95. The van der Waals surface area contributed by atoms with Crippen molar-refractivity contribution in [2.24, 2.45) is 4.99 Å². The Kier molecular flexibility index (Phi) is 1.80. The quantitative estimate of drug-likeness (QED) is 0.545. The predicted octanol–water partition coefficient (Wildman–Crippen LogP) is 1.40. The number of aryl methyl sites for hydroxylation is 1. The van der Waals surface area contributed by atoms with Gasteiger partial charge in [0.1, 0.15) is 0 Å². The molecule has 0 spiro atoms. The van der Waals surface area contributed by atoms with Crippen LogP contribution in [0.5, 0.6) is 0 Å². The maximum absolute atomic E-state index is 10.8. The van der Waals surface area contributed by atoms with Gasteiger partial charge in [-0.25, -0.2) is 9.59 Å². The summed E-state index contributed by atoms with van der Waals surface area (Å²) in [5.41, 5.74) is 2.21. The van der Waals surface area contributed by atoms with E-state index in [0.29, 0.717) is 16.8 Å². The Hall–Kier alpha value is -2.13. The van der Waals surface area contributed by atoms with Crippen LogP contribution >= 0.6 is 0 Å². The molecule has 1 aromatic carbocycles. The van der Waals surface area contributed by atoms with Crippen LogP contribution in [0.25, 0.3) is 11.1 Å². The molecule has 0 aliphatic heterocycles. The monoisotopic (exact) mass is 190 g/mol. The van der Waals surface area contributed by atoms with Gasteiger partial charge in [0, 0.05) is 0 Å². The Morgan fingerprint density at radius 1 is 1.50 bits per heavy atom. The summed E-state index contributed by atoms with van der Waals surface area (Å²) in [4.78, 5) is 26.9. The standard InChI is InChI=1S/C9H6N2O3/c1-5-2-8-7(11-9(13)14-8)3-6(5)10-4-12/h2-3H,1H3,(H,11,13). The minimum absolute atomic E-state index is 0.456. The minimum atomic E-state index is -0.522. The van der Waals surface area contributed by atoms with E-state index in [1.54, 1.807) is 19.1 Å². The summed E-state index contributed by atoms with van der Waals surface area (Å²) in [6, 6.07) is 3.21. The normalized spacial score (nSPS) is 10.1. The molecular formula is C9H6N2O3. The van der Waals surface area contributed by atoms with Crippen LogP contribution < -0.4 is 5.76 Å². The summed E-state index contributed by atoms with van der Waals surface area (Å²) in [5.74, 6) is -0.522. The first-order valence-electron chi connectivity index (χ1n) is 3.92. The van der Waals surface area contributed by atoms with Crippen molar-refractivity contribution < 1.29 is 9.21 Å². The largest absolute Gasteiger partial charge is 0.417 e. The number of oxazole rings is 1. The Morgan fingerprint density at radius 2 is 2.29 bits per heavy atom. The van der Waals surface area contributed by atoms with Crippen molar-refractivity contribution in [1.82, 2.24) is 4.98 Å². The Morgan fingerprint density at radius 3 is 3.00 bits per heavy atom. The second kappa shape index (κ2) is 2.97. The van der Waals surface area contributed by atoms with Crippen LogP contribution in [-0.2, 0) is 4.79 Å². The summed E-state index contributed by atoms with van der Waals surface area (Å²) in [6.07, 6.45) is 1.45. The highest BCUT2D eigenvalue weighted by Gasteiger charge is 2.04. The van der Waals surface area contributed by atoms with Crippen LogP contribution in [0.15, 0.2) is 26.3 Å². The lowest BCUT2D eigenvalue weighted by molar-refractivity contribution is 0.555. The maximum atomic E-state index is 10.8. The highest BCUT2D eigenvalue weighted by atomic mass is 16.4. The van der Waals surface area contributed by atoms with Crippen molar-refractivity contribution in [1.29, 1.82) is 0 Å². The number of H-pyrrole nitrogens is 1. The fourth-order valence-corrected chi connectivity index (χ4v) is 1.26. The van der Waals surface area contributed by atoms with Crippen LogP contribution in [-0.4, -0.2) is 11.1 Å². The van der Waals surface area contributed by atoms with E-state index in [1.165, 1.54) is 6.08 Å². The minimum Gasteiger partial charge on any atom is -0.408 e. The van der Waals surface area contributed by atoms with Gasteiger partial charge in [0.2, 0.25) is 6.08 Å². The third-order valence-electron chi connectivity index (χ3n) is 1.90. The number of carbonyl (C=O) groups excluding carboxylic acids is 1. The van der Waals surface area contributed by atoms with Gasteiger partial charge in [-0.15, -0.1) is 0 Å². The van der Waals surface area contributed by atoms with Crippen molar-refractivity contribution in [3.8, 4) is 0 Å². The molecule has 70 valence electrons. The molecule has 1 aromatic heterocycles. The number of hydrogen-bond donors (Lipinski definition) is 1. The molecule has 14 heavy (non-hydrogen) atoms. The van der Waals surface area contributed by atoms with Crippen LogP contribution in [0.1, 0.15) is 5.56 Å². The van der Waals surface area contributed by atoms with E-state index in [4.69, 9.17) is 4.42 Å². The number of aromatic amines is 1. The molecule has 0 saturated carbocycles. The number of aliphatic imine (C=N–C) groups is 1. The van der Waals surface area contributed by atoms with E-state index in [2.05, 4.69) is 9.98 Å². The molecule has 1 heterocycles. The highest BCUT2D eigenvalue weighted by molar-refractivity contribution is 5.78. The van der Waals surface area contributed by atoms with Crippen molar-refractivity contribution in [2.45, 2.75) is 6.92 Å². The van der Waals surface area contributed by atoms with Gasteiger partial charge in [0.05, 0.1) is 11.2 Å². The number of isocyanates is 1. The van der Waals surface area contributed by atoms with E-state index in [1.807, 2.05) is 0 Å². The van der Waals surface area contributed by atoms with Gasteiger partial charge in [0.15, 0.2) is 5.58 Å². The molecule has 0 unspecified atom stereocenters. The van der Waals surface area contributed by atoms with Crippen molar-refractivity contribution >= 4 is 22.9 Å². The Balaban J connectivity index is 2.82. The summed E-state index contributed by atoms with van der Waals surface area (Å²) < 4.78 is 4.83. The fourth-order valence-electron chi connectivity index (χ4n) is 1.26. The number of nitrogens with zero attached hydrogens (tertiary/aromatic N) is 1. The topological polar surface area (TPSA) is 75.4 Å². The lowest BCUT2D eigenvalue weighted by Crippen LogP contribution is -1.92. The number of hydrogen-bond acceptors (Lipinski definition) is 4. The SMILES string of the molecule is Cc1cc2oc(=O)[nH]c2cc1N=C=O. The van der Waals surface area contributed by atoms with Crippen LogP contribution in [0.2, 0.25) is 0 Å². The molecular weight excluding hydrogens is 184 g/mol. The lowest BCUT2D eigenvalue weighted by atomic mass is 10.2. The molecule has 2 rings (SSSR count). The van der Waals surface area contributed by atoms with Crippen LogP contribution in [0, 0.1) is 6.92 Å². The van der Waals surface area contributed by atoms with Crippen LogP contribution in [0.3, 0.4) is 0 Å². The molecule has 0 fully saturated rings. The summed E-state index contributed by atoms with van der Waals surface area (Å²) in [6.45, 7) is 1.77. The zero-order valence-corrected chi connectivity index (χ0v) is 7.33. The first-order valence-corrected chi connectivity index (χ1v) is 3.92. The maximum Gasteiger partial charge on any atom is 0.417 e. The molecule has 1 N–H and O–H groups in total. The summed E-state index contributed by atoms with van der Waals surface area (Å²) >= 11 is 0. The van der Waals surface area contributed by atoms with Gasteiger partial charge < -0.3 is 4.42 Å². The zero-order chi connectivity index (χ0) is 10.1. The highest BCUT2D eigenvalue weighted by Crippen LogP contribution is 2.23. The van der Waals surface area contributed by atoms with E-state index in [-0.39, 0.29) is 0 Å². The Bertz CT molecular complexity index is 588. The third kappa shape index (κ3) is 1.26. The van der Waals surface area contributed by atoms with Gasteiger partial charge in [-0.1, -0.05) is 0 Å². The first-order chi connectivity index (χ1) is 6.70. The average Bonchev–Trinajstić information content (AvgIpc) is 2.45. The van der Waals surface area contributed by atoms with Gasteiger partial charge >= 0.3 is 5.76 Å². The summed E-state index contributed by atoms with van der Waals surface area (Å²) in [7, 11) is 0. The second-order valence-electron chi connectivity index (χ2n) is 2.85. The van der Waals surface area contributed by atoms with E-state index >= 15 is 0 Å². The molecule has 2 aromatic rings. The third-order valence-corrected chi connectivity index (χ3v) is 1.90. The van der Waals surface area contributed by atoms with Crippen molar-refractivity contribution in [3.05, 3.63) is 28.2 Å². The van der Waals surface area contributed by atoms with Gasteiger partial charge in [-0.05, 0) is 24.6 Å². The average molecular weight is 190 g/mol. The van der Waals surface area contributed by atoms with Crippen molar-refractivity contribution in [3.63, 3.8) is 0 Å². The molecule has 0 aliphatic rings. The number of rotatable bonds is 1. The molecule has 0 saturated heterocycles. The molecule has 5 heteroatoms.